The first-order chi connectivity index (χ1) is 8.92. The number of hydrogen-bond acceptors (Lipinski definition) is 4. The number of carbonyl (C=O) groups excluding carboxylic acids is 1. The number of sulfone groups is 1. The Morgan fingerprint density at radius 3 is 2.21 bits per heavy atom. The summed E-state index contributed by atoms with van der Waals surface area (Å²) in [5.74, 6) is -2.75. The maximum Gasteiger partial charge on any atom is 0.322 e. The molecule has 0 aromatic rings. The summed E-state index contributed by atoms with van der Waals surface area (Å²) < 4.78 is 24.2. The maximum atomic E-state index is 12.1. The molecule has 1 N–H and O–H groups in total. The number of carbonyl (C=O) groups is 2. The van der Waals surface area contributed by atoms with Crippen LogP contribution in [0.3, 0.4) is 0 Å². The van der Waals surface area contributed by atoms with Gasteiger partial charge in [-0.15, -0.1) is 0 Å². The first-order valence-corrected chi connectivity index (χ1v) is 8.35. The van der Waals surface area contributed by atoms with Crippen LogP contribution in [0.15, 0.2) is 0 Å². The molecule has 1 saturated heterocycles. The Morgan fingerprint density at radius 2 is 1.74 bits per heavy atom. The van der Waals surface area contributed by atoms with Gasteiger partial charge >= 0.3 is 5.97 Å². The van der Waals surface area contributed by atoms with E-state index in [-0.39, 0.29) is 5.92 Å². The Bertz CT molecular complexity index is 463. The van der Waals surface area contributed by atoms with E-state index in [1.165, 1.54) is 4.90 Å². The van der Waals surface area contributed by atoms with E-state index in [0.29, 0.717) is 25.9 Å². The molecule has 0 spiro atoms. The first-order valence-electron chi connectivity index (χ1n) is 6.64. The molecular formula is C12H19NO5S. The second kappa shape index (κ2) is 5.48. The number of hydrogen-bond donors (Lipinski definition) is 1. The zero-order chi connectivity index (χ0) is 14.0. The van der Waals surface area contributed by atoms with Crippen molar-refractivity contribution in [3.8, 4) is 0 Å². The van der Waals surface area contributed by atoms with Gasteiger partial charge in [-0.2, -0.15) is 0 Å². The smallest absolute Gasteiger partial charge is 0.322 e. The quantitative estimate of drug-likeness (QED) is 0.784. The molecule has 1 unspecified atom stereocenters. The molecule has 0 aromatic heterocycles. The highest BCUT2D eigenvalue weighted by Gasteiger charge is 2.46. The second-order valence-electron chi connectivity index (χ2n) is 5.34. The zero-order valence-electron chi connectivity index (χ0n) is 10.7. The van der Waals surface area contributed by atoms with Gasteiger partial charge in [0, 0.05) is 13.1 Å². The monoisotopic (exact) mass is 289 g/mol. The second-order valence-corrected chi connectivity index (χ2v) is 7.47. The van der Waals surface area contributed by atoms with Crippen molar-refractivity contribution >= 4 is 21.7 Å². The summed E-state index contributed by atoms with van der Waals surface area (Å²) >= 11 is 0. The fourth-order valence-corrected chi connectivity index (χ4v) is 4.42. The van der Waals surface area contributed by atoms with Crippen LogP contribution in [0.25, 0.3) is 0 Å². The number of nitrogens with zero attached hydrogens (tertiary/aromatic N) is 1. The molecule has 7 heteroatoms. The van der Waals surface area contributed by atoms with Crippen LogP contribution < -0.4 is 0 Å². The molecule has 1 aliphatic carbocycles. The Balaban J connectivity index is 2.03. The summed E-state index contributed by atoms with van der Waals surface area (Å²) in [6.45, 7) is 1.16. The van der Waals surface area contributed by atoms with E-state index in [9.17, 15) is 18.0 Å². The van der Waals surface area contributed by atoms with Crippen molar-refractivity contribution in [2.45, 2.75) is 37.4 Å². The molecule has 0 aromatic carbocycles. The largest absolute Gasteiger partial charge is 0.480 e. The fraction of sp³-hybridized carbons (Fsp3) is 0.833. The van der Waals surface area contributed by atoms with E-state index in [4.69, 9.17) is 5.11 Å². The lowest BCUT2D eigenvalue weighted by Crippen LogP contribution is -2.43. The summed E-state index contributed by atoms with van der Waals surface area (Å²) in [4.78, 5) is 24.6. The van der Waals surface area contributed by atoms with Crippen molar-refractivity contribution in [2.24, 2.45) is 5.92 Å². The lowest BCUT2D eigenvalue weighted by Gasteiger charge is -2.27. The summed E-state index contributed by atoms with van der Waals surface area (Å²) in [5.41, 5.74) is 0. The number of carboxylic acids is 1. The number of amides is 1. The normalized spacial score (nSPS) is 22.0. The maximum absolute atomic E-state index is 12.1. The lowest BCUT2D eigenvalue weighted by molar-refractivity contribution is -0.136. The average Bonchev–Trinajstić information content (AvgIpc) is 3.13. The highest BCUT2D eigenvalue weighted by molar-refractivity contribution is 7.93. The van der Waals surface area contributed by atoms with Gasteiger partial charge in [0.25, 0.3) is 0 Å². The van der Waals surface area contributed by atoms with Gasteiger partial charge in [0.05, 0.1) is 0 Å². The molecule has 0 bridgehead atoms. The first kappa shape index (κ1) is 14.3. The third-order valence-electron chi connectivity index (χ3n) is 3.71. The Kier molecular flexibility index (Phi) is 4.13. The van der Waals surface area contributed by atoms with Crippen LogP contribution in [0, 0.1) is 5.92 Å². The van der Waals surface area contributed by atoms with Crippen LogP contribution >= 0.6 is 0 Å². The van der Waals surface area contributed by atoms with Crippen molar-refractivity contribution in [1.82, 2.24) is 4.90 Å². The van der Waals surface area contributed by atoms with Gasteiger partial charge < -0.3 is 10.0 Å². The fourth-order valence-electron chi connectivity index (χ4n) is 2.54. The van der Waals surface area contributed by atoms with Crippen molar-refractivity contribution < 1.29 is 23.1 Å². The summed E-state index contributed by atoms with van der Waals surface area (Å²) in [5, 5.41) is 7.64. The molecule has 2 aliphatic rings. The Morgan fingerprint density at radius 1 is 1.16 bits per heavy atom. The van der Waals surface area contributed by atoms with Gasteiger partial charge in [-0.3, -0.25) is 9.59 Å². The number of aliphatic carboxylic acids is 1. The molecule has 1 heterocycles. The highest BCUT2D eigenvalue weighted by atomic mass is 32.2. The molecule has 2 fully saturated rings. The predicted octanol–water partition coefficient (Wildman–Crippen LogP) is 0.277. The Labute approximate surface area is 112 Å². The van der Waals surface area contributed by atoms with Crippen LogP contribution in [-0.4, -0.2) is 54.4 Å². The van der Waals surface area contributed by atoms with Crippen LogP contribution in [-0.2, 0) is 19.4 Å². The van der Waals surface area contributed by atoms with Gasteiger partial charge in [-0.05, 0) is 38.0 Å². The molecule has 0 radical (unpaired) electrons. The van der Waals surface area contributed by atoms with Gasteiger partial charge in [0.1, 0.15) is 5.75 Å². The number of piperidine rings is 1. The van der Waals surface area contributed by atoms with Gasteiger partial charge in [-0.1, -0.05) is 0 Å². The average molecular weight is 289 g/mol. The lowest BCUT2D eigenvalue weighted by atomic mass is 10.1. The molecule has 19 heavy (non-hydrogen) atoms. The van der Waals surface area contributed by atoms with Crippen LogP contribution in [0.5, 0.6) is 0 Å². The van der Waals surface area contributed by atoms with Crippen LogP contribution in [0.1, 0.15) is 32.1 Å². The minimum absolute atomic E-state index is 0.309. The third kappa shape index (κ3) is 3.46. The Hall–Kier alpha value is -1.11. The van der Waals surface area contributed by atoms with Gasteiger partial charge in [-0.25, -0.2) is 8.42 Å². The molecular weight excluding hydrogens is 270 g/mol. The summed E-state index contributed by atoms with van der Waals surface area (Å²) in [7, 11) is -3.90. The number of carboxylic acid groups (broad SMARTS) is 1. The third-order valence-corrected chi connectivity index (χ3v) is 5.72. The standard InChI is InChI=1S/C12H19NO5S/c14-10(13-6-2-1-3-7-13)8-19(17,18)11(12(15)16)9-4-5-9/h9,11H,1-8H2,(H,15,16). The minimum atomic E-state index is -3.90. The van der Waals surface area contributed by atoms with E-state index in [1.807, 2.05) is 0 Å². The topological polar surface area (TPSA) is 91.7 Å². The van der Waals surface area contributed by atoms with E-state index in [2.05, 4.69) is 0 Å². The predicted molar refractivity (Wildman–Crippen MR) is 68.4 cm³/mol. The molecule has 6 nitrogen and oxygen atoms in total. The molecule has 108 valence electrons. The van der Waals surface area contributed by atoms with Crippen LogP contribution in [0.4, 0.5) is 0 Å². The number of rotatable bonds is 5. The van der Waals surface area contributed by atoms with Crippen LogP contribution in [0.2, 0.25) is 0 Å². The summed E-state index contributed by atoms with van der Waals surface area (Å²) in [6.07, 6.45) is 4.06. The minimum Gasteiger partial charge on any atom is -0.480 e. The summed E-state index contributed by atoms with van der Waals surface area (Å²) in [6, 6.07) is 0. The van der Waals surface area contributed by atoms with Gasteiger partial charge in [0.15, 0.2) is 15.1 Å². The molecule has 1 amide bonds. The van der Waals surface area contributed by atoms with Crippen molar-refractivity contribution in [3.05, 3.63) is 0 Å². The molecule has 1 atom stereocenters. The van der Waals surface area contributed by atoms with Crippen molar-refractivity contribution in [2.75, 3.05) is 18.8 Å². The highest BCUT2D eigenvalue weighted by Crippen LogP contribution is 2.36. The van der Waals surface area contributed by atoms with Crippen molar-refractivity contribution in [1.29, 1.82) is 0 Å². The zero-order valence-corrected chi connectivity index (χ0v) is 11.6. The van der Waals surface area contributed by atoms with E-state index < -0.39 is 32.7 Å². The van der Waals surface area contributed by atoms with E-state index in [0.717, 1.165) is 19.3 Å². The molecule has 2 rings (SSSR count). The molecule has 1 saturated carbocycles. The SMILES string of the molecule is O=C(O)C(C1CC1)S(=O)(=O)CC(=O)N1CCCCC1. The van der Waals surface area contributed by atoms with E-state index in [1.54, 1.807) is 0 Å². The van der Waals surface area contributed by atoms with Gasteiger partial charge in [0.2, 0.25) is 5.91 Å². The van der Waals surface area contributed by atoms with E-state index >= 15 is 0 Å². The number of likely N-dealkylation sites (tertiary alicyclic amines) is 1. The van der Waals surface area contributed by atoms with Crippen molar-refractivity contribution in [3.63, 3.8) is 0 Å². The molecule has 1 aliphatic heterocycles.